The van der Waals surface area contributed by atoms with E-state index in [0.29, 0.717) is 23.7 Å². The largest absolute Gasteiger partial charge is 0.490 e. The van der Waals surface area contributed by atoms with Crippen molar-refractivity contribution in [1.82, 2.24) is 0 Å². The molecule has 6 atom stereocenters. The number of rotatable bonds is 5. The number of hydrogen-bond donors (Lipinski definition) is 2. The summed E-state index contributed by atoms with van der Waals surface area (Å²) in [5.74, 6) is 3.75. The molecule has 32 heavy (non-hydrogen) atoms. The summed E-state index contributed by atoms with van der Waals surface area (Å²) in [4.78, 5) is 0. The minimum atomic E-state index is -0.199. The smallest absolute Gasteiger partial charge is 0.120 e. The second kappa shape index (κ2) is 7.47. The third-order valence-electron chi connectivity index (χ3n) is 7.88. The molecule has 0 spiro atoms. The SMILES string of the molecule is Nc1ccc(OC2C3CC4CC2C(c2ccccc2)C(Oc2ccc(N)cc2)(C4)C3)cc1. The van der Waals surface area contributed by atoms with Crippen molar-refractivity contribution in [2.45, 2.75) is 43.3 Å². The highest BCUT2D eigenvalue weighted by Gasteiger charge is 2.63. The molecule has 4 nitrogen and oxygen atoms in total. The third kappa shape index (κ3) is 3.29. The Morgan fingerprint density at radius 1 is 0.719 bits per heavy atom. The topological polar surface area (TPSA) is 70.5 Å². The van der Waals surface area contributed by atoms with Gasteiger partial charge in [0.2, 0.25) is 0 Å². The van der Waals surface area contributed by atoms with Crippen LogP contribution < -0.4 is 20.9 Å². The average Bonchev–Trinajstić information content (AvgIpc) is 2.79. The van der Waals surface area contributed by atoms with Gasteiger partial charge in [-0.1, -0.05) is 30.3 Å². The molecule has 0 aliphatic heterocycles. The molecule has 4 aliphatic carbocycles. The van der Waals surface area contributed by atoms with Crippen LogP contribution in [0.5, 0.6) is 11.5 Å². The fraction of sp³-hybridized carbons (Fsp3) is 0.357. The number of hydrogen-bond acceptors (Lipinski definition) is 4. The maximum Gasteiger partial charge on any atom is 0.120 e. The van der Waals surface area contributed by atoms with Gasteiger partial charge in [-0.25, -0.2) is 0 Å². The molecule has 0 radical (unpaired) electrons. The first kappa shape index (κ1) is 19.5. The van der Waals surface area contributed by atoms with E-state index in [1.54, 1.807) is 0 Å². The molecule has 4 N–H and O–H groups in total. The average molecular weight is 427 g/mol. The van der Waals surface area contributed by atoms with Gasteiger partial charge in [-0.3, -0.25) is 0 Å². The highest BCUT2D eigenvalue weighted by molar-refractivity contribution is 5.43. The van der Waals surface area contributed by atoms with E-state index in [-0.39, 0.29) is 11.7 Å². The van der Waals surface area contributed by atoms with Gasteiger partial charge < -0.3 is 20.9 Å². The van der Waals surface area contributed by atoms with Crippen molar-refractivity contribution in [2.24, 2.45) is 17.8 Å². The number of benzene rings is 3. The van der Waals surface area contributed by atoms with Crippen LogP contribution in [0, 0.1) is 17.8 Å². The van der Waals surface area contributed by atoms with Crippen LogP contribution in [0.3, 0.4) is 0 Å². The summed E-state index contributed by atoms with van der Waals surface area (Å²) >= 11 is 0. The normalized spacial score (nSPS) is 32.6. The van der Waals surface area contributed by atoms with E-state index in [2.05, 4.69) is 30.3 Å². The fourth-order valence-electron chi connectivity index (χ4n) is 6.89. The van der Waals surface area contributed by atoms with Crippen molar-refractivity contribution >= 4 is 11.4 Å². The van der Waals surface area contributed by atoms with E-state index in [0.717, 1.165) is 35.7 Å². The predicted molar refractivity (Wildman–Crippen MR) is 128 cm³/mol. The molecule has 0 aromatic heterocycles. The molecule has 4 fully saturated rings. The van der Waals surface area contributed by atoms with Crippen molar-refractivity contribution in [3.05, 3.63) is 84.4 Å². The van der Waals surface area contributed by atoms with E-state index >= 15 is 0 Å². The Bertz CT molecular complexity index is 1080. The highest BCUT2D eigenvalue weighted by Crippen LogP contribution is 2.63. The van der Waals surface area contributed by atoms with E-state index in [4.69, 9.17) is 20.9 Å². The van der Waals surface area contributed by atoms with Crippen LogP contribution in [0.25, 0.3) is 0 Å². The molecule has 4 bridgehead atoms. The van der Waals surface area contributed by atoms with E-state index in [1.165, 1.54) is 18.4 Å². The van der Waals surface area contributed by atoms with Gasteiger partial charge in [-0.05, 0) is 85.7 Å². The Labute approximate surface area is 189 Å². The Morgan fingerprint density at radius 3 is 2.06 bits per heavy atom. The molecule has 7 rings (SSSR count). The zero-order chi connectivity index (χ0) is 21.7. The molecule has 0 heterocycles. The standard InChI is InChI=1S/C28H30N2O2/c29-21-6-10-23(11-7-21)31-27-20-14-18-15-25(27)26(19-4-2-1-3-5-19)28(16-18,17-20)32-24-12-8-22(30)9-13-24/h1-13,18,20,25-27H,14-17,29-30H2. The number of anilines is 2. The summed E-state index contributed by atoms with van der Waals surface area (Å²) < 4.78 is 13.6. The summed E-state index contributed by atoms with van der Waals surface area (Å²) in [6, 6.07) is 26.6. The van der Waals surface area contributed by atoms with Gasteiger partial charge >= 0.3 is 0 Å². The quantitative estimate of drug-likeness (QED) is 0.517. The van der Waals surface area contributed by atoms with Gasteiger partial charge in [-0.15, -0.1) is 0 Å². The van der Waals surface area contributed by atoms with Crippen LogP contribution in [0.1, 0.15) is 37.2 Å². The van der Waals surface area contributed by atoms with Crippen molar-refractivity contribution in [1.29, 1.82) is 0 Å². The van der Waals surface area contributed by atoms with Gasteiger partial charge in [0.15, 0.2) is 0 Å². The summed E-state index contributed by atoms with van der Waals surface area (Å²) in [7, 11) is 0. The Balaban J connectivity index is 1.38. The lowest BCUT2D eigenvalue weighted by Crippen LogP contribution is -2.64. The van der Waals surface area contributed by atoms with E-state index in [1.807, 2.05) is 48.5 Å². The van der Waals surface area contributed by atoms with Crippen molar-refractivity contribution in [2.75, 3.05) is 11.5 Å². The maximum atomic E-state index is 6.92. The number of nitrogen functional groups attached to an aromatic ring is 2. The molecule has 4 saturated carbocycles. The second-order valence-electron chi connectivity index (χ2n) is 9.95. The first-order valence-corrected chi connectivity index (χ1v) is 11.7. The Hall–Kier alpha value is -3.14. The molecule has 0 amide bonds. The zero-order valence-corrected chi connectivity index (χ0v) is 18.2. The first-order chi connectivity index (χ1) is 15.6. The summed E-state index contributed by atoms with van der Waals surface area (Å²) in [6.07, 6.45) is 4.75. The van der Waals surface area contributed by atoms with Crippen LogP contribution in [0.2, 0.25) is 0 Å². The fourth-order valence-corrected chi connectivity index (χ4v) is 6.89. The number of ether oxygens (including phenoxy) is 2. The lowest BCUT2D eigenvalue weighted by atomic mass is 9.47. The van der Waals surface area contributed by atoms with Gasteiger partial charge in [0.05, 0.1) is 0 Å². The van der Waals surface area contributed by atoms with Crippen molar-refractivity contribution in [3.8, 4) is 11.5 Å². The van der Waals surface area contributed by atoms with Gasteiger partial charge in [-0.2, -0.15) is 0 Å². The number of nitrogens with two attached hydrogens (primary N) is 2. The van der Waals surface area contributed by atoms with Crippen LogP contribution >= 0.6 is 0 Å². The minimum Gasteiger partial charge on any atom is -0.490 e. The summed E-state index contributed by atoms with van der Waals surface area (Å²) in [6.45, 7) is 0. The molecule has 4 heteroatoms. The molecule has 164 valence electrons. The Kier molecular flexibility index (Phi) is 4.56. The van der Waals surface area contributed by atoms with E-state index < -0.39 is 0 Å². The van der Waals surface area contributed by atoms with Crippen LogP contribution in [0.15, 0.2) is 78.9 Å². The van der Waals surface area contributed by atoms with Gasteiger partial charge in [0.1, 0.15) is 23.2 Å². The molecule has 3 aromatic carbocycles. The van der Waals surface area contributed by atoms with Crippen molar-refractivity contribution in [3.63, 3.8) is 0 Å². The molecular formula is C28H30N2O2. The molecule has 3 aromatic rings. The molecule has 6 unspecified atom stereocenters. The summed E-state index contributed by atoms with van der Waals surface area (Å²) in [5, 5.41) is 0. The van der Waals surface area contributed by atoms with Crippen LogP contribution in [-0.4, -0.2) is 11.7 Å². The second-order valence-corrected chi connectivity index (χ2v) is 9.95. The third-order valence-corrected chi connectivity index (χ3v) is 7.88. The molecular weight excluding hydrogens is 396 g/mol. The molecule has 0 saturated heterocycles. The lowest BCUT2D eigenvalue weighted by Gasteiger charge is -2.63. The zero-order valence-electron chi connectivity index (χ0n) is 18.2. The lowest BCUT2D eigenvalue weighted by molar-refractivity contribution is -0.172. The monoisotopic (exact) mass is 426 g/mol. The molecule has 4 aliphatic rings. The maximum absolute atomic E-state index is 6.92. The highest BCUT2D eigenvalue weighted by atomic mass is 16.5. The van der Waals surface area contributed by atoms with Gasteiger partial charge in [0.25, 0.3) is 0 Å². The summed E-state index contributed by atoms with van der Waals surface area (Å²) in [5.41, 5.74) is 14.5. The Morgan fingerprint density at radius 2 is 1.38 bits per heavy atom. The van der Waals surface area contributed by atoms with Crippen molar-refractivity contribution < 1.29 is 9.47 Å². The van der Waals surface area contributed by atoms with Crippen LogP contribution in [0.4, 0.5) is 11.4 Å². The van der Waals surface area contributed by atoms with Gasteiger partial charge in [0, 0.05) is 29.1 Å². The van der Waals surface area contributed by atoms with Crippen LogP contribution in [-0.2, 0) is 0 Å². The minimum absolute atomic E-state index is 0.198. The predicted octanol–water partition coefficient (Wildman–Crippen LogP) is 5.65. The first-order valence-electron chi connectivity index (χ1n) is 11.7. The van der Waals surface area contributed by atoms with E-state index in [9.17, 15) is 0 Å².